The number of aliphatic hydroxyl groups excluding tert-OH is 9. The lowest BCUT2D eigenvalue weighted by Gasteiger charge is -2.19. The van der Waals surface area contributed by atoms with Gasteiger partial charge in [0.25, 0.3) is 0 Å². The van der Waals surface area contributed by atoms with E-state index in [2.05, 4.69) is 0 Å². The van der Waals surface area contributed by atoms with Gasteiger partial charge in [-0.2, -0.15) is 0 Å². The molecule has 0 aromatic rings. The molecule has 236 valence electrons. The van der Waals surface area contributed by atoms with E-state index in [1.165, 1.54) is 18.2 Å². The van der Waals surface area contributed by atoms with E-state index in [0.717, 1.165) is 0 Å². The van der Waals surface area contributed by atoms with Crippen molar-refractivity contribution in [2.45, 2.75) is 139 Å². The zero-order chi connectivity index (χ0) is 30.7. The molecule has 0 rings (SSSR count). The highest BCUT2D eigenvalue weighted by atomic mass is 16.3. The highest BCUT2D eigenvalue weighted by Gasteiger charge is 2.20. The highest BCUT2D eigenvalue weighted by molar-refractivity contribution is 5.80. The Labute approximate surface area is 238 Å². The first-order valence-corrected chi connectivity index (χ1v) is 14.4. The molecule has 40 heavy (non-hydrogen) atoms. The SMILES string of the molecule is CC(C)C(=O)CC(O)CC(O)CC(O)/C=C/CC(O)CC(O)CC(O)CC(O)/C=C/CC(O)CC(O)CCCN. The Morgan fingerprint density at radius 3 is 1.45 bits per heavy atom. The summed E-state index contributed by atoms with van der Waals surface area (Å²) in [6, 6.07) is 0. The molecule has 0 aromatic carbocycles. The average Bonchev–Trinajstić information content (AvgIpc) is 2.81. The fraction of sp³-hybridized carbons (Fsp3) is 0.828. The van der Waals surface area contributed by atoms with Gasteiger partial charge in [-0.05, 0) is 57.9 Å². The molecule has 11 nitrogen and oxygen atoms in total. The molecular formula is C29H55NO10. The fourth-order valence-corrected chi connectivity index (χ4v) is 4.26. The monoisotopic (exact) mass is 577 g/mol. The van der Waals surface area contributed by atoms with E-state index < -0.39 is 54.9 Å². The maximum absolute atomic E-state index is 11.7. The Morgan fingerprint density at radius 2 is 1.00 bits per heavy atom. The molecule has 0 radical (unpaired) electrons. The molecule has 0 fully saturated rings. The quantitative estimate of drug-likeness (QED) is 0.0677. The number of carbonyl (C=O) groups is 1. The second-order valence-corrected chi connectivity index (χ2v) is 11.2. The van der Waals surface area contributed by atoms with Crippen molar-refractivity contribution in [1.82, 2.24) is 0 Å². The molecule has 0 aromatic heterocycles. The number of ketones is 1. The Hall–Kier alpha value is -1.25. The van der Waals surface area contributed by atoms with Gasteiger partial charge in [-0.25, -0.2) is 0 Å². The van der Waals surface area contributed by atoms with Crippen LogP contribution in [0, 0.1) is 5.92 Å². The van der Waals surface area contributed by atoms with Gasteiger partial charge in [0.2, 0.25) is 0 Å². The third kappa shape index (κ3) is 21.5. The largest absolute Gasteiger partial charge is 0.393 e. The second kappa shape index (κ2) is 22.4. The van der Waals surface area contributed by atoms with Crippen LogP contribution in [0.4, 0.5) is 0 Å². The molecule has 9 atom stereocenters. The number of aliphatic hydroxyl groups is 9. The van der Waals surface area contributed by atoms with Crippen LogP contribution in [0.25, 0.3) is 0 Å². The Balaban J connectivity index is 4.24. The molecule has 0 heterocycles. The Kier molecular flexibility index (Phi) is 21.7. The molecule has 9 unspecified atom stereocenters. The van der Waals surface area contributed by atoms with Crippen LogP contribution >= 0.6 is 0 Å². The summed E-state index contributed by atoms with van der Waals surface area (Å²) < 4.78 is 0. The van der Waals surface area contributed by atoms with Crippen molar-refractivity contribution in [1.29, 1.82) is 0 Å². The average molecular weight is 578 g/mol. The summed E-state index contributed by atoms with van der Waals surface area (Å²) >= 11 is 0. The minimum atomic E-state index is -1.02. The van der Waals surface area contributed by atoms with Gasteiger partial charge in [0, 0.05) is 25.2 Å². The topological polar surface area (TPSA) is 225 Å². The van der Waals surface area contributed by atoms with E-state index in [0.29, 0.717) is 19.4 Å². The summed E-state index contributed by atoms with van der Waals surface area (Å²) in [5.74, 6) is -0.303. The maximum atomic E-state index is 11.7. The van der Waals surface area contributed by atoms with Gasteiger partial charge in [-0.1, -0.05) is 38.2 Å². The van der Waals surface area contributed by atoms with Crippen LogP contribution in [-0.4, -0.2) is 113 Å². The van der Waals surface area contributed by atoms with Crippen LogP contribution in [0.1, 0.15) is 84.5 Å². The van der Waals surface area contributed by atoms with Gasteiger partial charge in [0.05, 0.1) is 54.9 Å². The van der Waals surface area contributed by atoms with Crippen molar-refractivity contribution in [3.8, 4) is 0 Å². The summed E-state index contributed by atoms with van der Waals surface area (Å²) in [6.45, 7) is 3.94. The third-order valence-electron chi connectivity index (χ3n) is 6.56. The molecule has 0 aliphatic rings. The van der Waals surface area contributed by atoms with Gasteiger partial charge in [0.1, 0.15) is 5.78 Å². The Morgan fingerprint density at radius 1 is 0.600 bits per heavy atom. The molecule has 11 N–H and O–H groups in total. The summed E-state index contributed by atoms with van der Waals surface area (Å²) in [5, 5.41) is 90.2. The maximum Gasteiger partial charge on any atom is 0.137 e. The number of Topliss-reactive ketones (excluding diaryl/α,β-unsaturated/α-hetero) is 1. The zero-order valence-corrected chi connectivity index (χ0v) is 24.1. The number of hydrogen-bond acceptors (Lipinski definition) is 11. The van der Waals surface area contributed by atoms with E-state index in [1.54, 1.807) is 19.9 Å². The van der Waals surface area contributed by atoms with Crippen molar-refractivity contribution >= 4 is 5.78 Å². The van der Waals surface area contributed by atoms with Crippen LogP contribution in [0.2, 0.25) is 0 Å². The molecule has 11 heteroatoms. The molecule has 0 saturated carbocycles. The lowest BCUT2D eigenvalue weighted by molar-refractivity contribution is -0.124. The fourth-order valence-electron chi connectivity index (χ4n) is 4.26. The van der Waals surface area contributed by atoms with Crippen molar-refractivity contribution in [3.05, 3.63) is 24.3 Å². The first-order chi connectivity index (χ1) is 18.7. The van der Waals surface area contributed by atoms with Crippen LogP contribution < -0.4 is 5.73 Å². The number of carbonyl (C=O) groups excluding carboxylic acids is 1. The van der Waals surface area contributed by atoms with Crippen LogP contribution in [0.15, 0.2) is 24.3 Å². The smallest absolute Gasteiger partial charge is 0.137 e. The van der Waals surface area contributed by atoms with Crippen LogP contribution in [0.5, 0.6) is 0 Å². The molecular weight excluding hydrogens is 522 g/mol. The summed E-state index contributed by atoms with van der Waals surface area (Å²) in [6.07, 6.45) is -0.908. The highest BCUT2D eigenvalue weighted by Crippen LogP contribution is 2.15. The normalized spacial score (nSPS) is 19.4. The van der Waals surface area contributed by atoms with E-state index >= 15 is 0 Å². The van der Waals surface area contributed by atoms with Crippen molar-refractivity contribution in [3.63, 3.8) is 0 Å². The molecule has 0 amide bonds. The second-order valence-electron chi connectivity index (χ2n) is 11.2. The molecule has 0 saturated heterocycles. The van der Waals surface area contributed by atoms with Crippen molar-refractivity contribution in [2.75, 3.05) is 6.54 Å². The summed E-state index contributed by atoms with van der Waals surface area (Å²) in [4.78, 5) is 11.7. The number of hydrogen-bond donors (Lipinski definition) is 10. The van der Waals surface area contributed by atoms with Gasteiger partial charge in [-0.15, -0.1) is 0 Å². The lowest BCUT2D eigenvalue weighted by Crippen LogP contribution is -2.25. The van der Waals surface area contributed by atoms with Crippen molar-refractivity contribution in [2.24, 2.45) is 11.7 Å². The predicted octanol–water partition coefficient (Wildman–Crippen LogP) is -0.178. The minimum absolute atomic E-state index is 0.0270. The first kappa shape index (κ1) is 38.8. The lowest BCUT2D eigenvalue weighted by atomic mass is 9.97. The van der Waals surface area contributed by atoms with E-state index in [1.807, 2.05) is 0 Å². The minimum Gasteiger partial charge on any atom is -0.393 e. The van der Waals surface area contributed by atoms with Gasteiger partial charge in [0.15, 0.2) is 0 Å². The predicted molar refractivity (Wildman–Crippen MR) is 152 cm³/mol. The summed E-state index contributed by atoms with van der Waals surface area (Å²) in [5.41, 5.74) is 5.39. The molecule has 0 bridgehead atoms. The standard InChI is InChI=1S/C29H55NO10/c1-19(2)29(40)18-28(39)17-27(38)15-23(34)9-4-8-22(33)14-26(37)16-25(36)13-21(32)7-3-6-20(31)12-24(35)10-5-11-30/h3-4,7,9,19-28,31-39H,5-6,8,10-18,30H2,1-2H3/b7-3+,9-4+. The van der Waals surface area contributed by atoms with Gasteiger partial charge >= 0.3 is 0 Å². The molecule has 0 aliphatic carbocycles. The van der Waals surface area contributed by atoms with E-state index in [-0.39, 0.29) is 69.5 Å². The van der Waals surface area contributed by atoms with Crippen molar-refractivity contribution < 1.29 is 50.8 Å². The summed E-state index contributed by atoms with van der Waals surface area (Å²) in [7, 11) is 0. The van der Waals surface area contributed by atoms with E-state index in [4.69, 9.17) is 5.73 Å². The molecule has 0 aliphatic heterocycles. The Bertz CT molecular complexity index is 704. The number of nitrogens with two attached hydrogens (primary N) is 1. The van der Waals surface area contributed by atoms with Crippen LogP contribution in [0.3, 0.4) is 0 Å². The first-order valence-electron chi connectivity index (χ1n) is 14.4. The van der Waals surface area contributed by atoms with Crippen LogP contribution in [-0.2, 0) is 4.79 Å². The number of rotatable bonds is 24. The van der Waals surface area contributed by atoms with Gasteiger partial charge < -0.3 is 51.7 Å². The molecule has 0 spiro atoms. The van der Waals surface area contributed by atoms with E-state index in [9.17, 15) is 50.8 Å². The van der Waals surface area contributed by atoms with Gasteiger partial charge in [-0.3, -0.25) is 4.79 Å². The zero-order valence-electron chi connectivity index (χ0n) is 24.1. The third-order valence-corrected chi connectivity index (χ3v) is 6.56.